The Morgan fingerprint density at radius 2 is 1.92 bits per heavy atom. The van der Waals surface area contributed by atoms with Gasteiger partial charge in [0.15, 0.2) is 0 Å². The first-order chi connectivity index (χ1) is 11.2. The predicted molar refractivity (Wildman–Crippen MR) is 86.6 cm³/mol. The largest absolute Gasteiger partial charge is 0.462 e. The second-order valence-corrected chi connectivity index (χ2v) is 5.87. The van der Waals surface area contributed by atoms with Crippen LogP contribution in [0.5, 0.6) is 11.5 Å². The molecule has 0 saturated carbocycles. The summed E-state index contributed by atoms with van der Waals surface area (Å²) in [6.45, 7) is 1.88. The van der Waals surface area contributed by atoms with Gasteiger partial charge in [0, 0.05) is 4.47 Å². The van der Waals surface area contributed by atoms with Gasteiger partial charge in [-0.15, -0.1) is 0 Å². The third-order valence-electron chi connectivity index (χ3n) is 2.92. The summed E-state index contributed by atoms with van der Waals surface area (Å²) in [7, 11) is 0. The van der Waals surface area contributed by atoms with Crippen LogP contribution in [0.4, 0.5) is 13.2 Å². The van der Waals surface area contributed by atoms with Crippen molar-refractivity contribution in [3.8, 4) is 11.5 Å². The van der Waals surface area contributed by atoms with Crippen molar-refractivity contribution in [1.82, 2.24) is 0 Å². The van der Waals surface area contributed by atoms with Gasteiger partial charge in [0.25, 0.3) is 0 Å². The van der Waals surface area contributed by atoms with Crippen LogP contribution in [0, 0.1) is 0 Å². The molecule has 0 spiro atoms. The normalized spacial score (nSPS) is 11.2. The van der Waals surface area contributed by atoms with Gasteiger partial charge in [0.1, 0.15) is 11.5 Å². The monoisotopic (exact) mass is 422 g/mol. The van der Waals surface area contributed by atoms with Gasteiger partial charge in [-0.1, -0.05) is 11.6 Å². The number of alkyl halides is 3. The highest BCUT2D eigenvalue weighted by Crippen LogP contribution is 2.37. The van der Waals surface area contributed by atoms with E-state index in [-0.39, 0.29) is 28.7 Å². The number of hydrogen-bond acceptors (Lipinski definition) is 3. The summed E-state index contributed by atoms with van der Waals surface area (Å²) in [6, 6.07) is 7.29. The number of carbonyl (C=O) groups excluding carboxylic acids is 1. The highest BCUT2D eigenvalue weighted by atomic mass is 79.9. The molecule has 0 aliphatic carbocycles. The fourth-order valence-electron chi connectivity index (χ4n) is 1.82. The Morgan fingerprint density at radius 1 is 1.21 bits per heavy atom. The molecule has 0 aliphatic rings. The van der Waals surface area contributed by atoms with Crippen molar-refractivity contribution in [2.24, 2.45) is 0 Å². The van der Waals surface area contributed by atoms with Crippen LogP contribution < -0.4 is 4.74 Å². The summed E-state index contributed by atoms with van der Waals surface area (Å²) in [6.07, 6.45) is -4.49. The quantitative estimate of drug-likeness (QED) is 0.558. The molecule has 0 atom stereocenters. The zero-order valence-electron chi connectivity index (χ0n) is 12.3. The van der Waals surface area contributed by atoms with Crippen molar-refractivity contribution in [3.63, 3.8) is 0 Å². The minimum Gasteiger partial charge on any atom is -0.462 e. The number of ether oxygens (including phenoxy) is 2. The molecule has 128 valence electrons. The number of halogens is 5. The average molecular weight is 424 g/mol. The molecule has 0 aliphatic heterocycles. The van der Waals surface area contributed by atoms with Crippen LogP contribution in [0.2, 0.25) is 5.02 Å². The third-order valence-corrected chi connectivity index (χ3v) is 3.91. The lowest BCUT2D eigenvalue weighted by atomic mass is 10.2. The predicted octanol–water partition coefficient (Wildman–Crippen LogP) is 6.09. The third kappa shape index (κ3) is 4.42. The molecule has 0 fully saturated rings. The highest BCUT2D eigenvalue weighted by molar-refractivity contribution is 9.10. The first-order valence-electron chi connectivity index (χ1n) is 6.73. The van der Waals surface area contributed by atoms with Gasteiger partial charge in [-0.3, -0.25) is 0 Å². The molecule has 0 aromatic heterocycles. The maximum absolute atomic E-state index is 12.6. The van der Waals surface area contributed by atoms with E-state index in [1.165, 1.54) is 6.07 Å². The van der Waals surface area contributed by atoms with Crippen molar-refractivity contribution < 1.29 is 27.4 Å². The summed E-state index contributed by atoms with van der Waals surface area (Å²) in [5, 5.41) is -0.189. The van der Waals surface area contributed by atoms with Crippen LogP contribution in [0.3, 0.4) is 0 Å². The molecule has 8 heteroatoms. The molecule has 24 heavy (non-hydrogen) atoms. The molecule has 0 heterocycles. The molecular weight excluding hydrogens is 413 g/mol. The van der Waals surface area contributed by atoms with E-state index >= 15 is 0 Å². The number of benzene rings is 2. The van der Waals surface area contributed by atoms with E-state index in [0.717, 1.165) is 18.2 Å². The fraction of sp³-hybridized carbons (Fsp3) is 0.188. The molecular formula is C16H11BrClF3O3. The van der Waals surface area contributed by atoms with E-state index in [1.54, 1.807) is 19.1 Å². The van der Waals surface area contributed by atoms with Crippen molar-refractivity contribution in [3.05, 3.63) is 57.0 Å². The number of hydrogen-bond donors (Lipinski definition) is 0. The van der Waals surface area contributed by atoms with Gasteiger partial charge in [-0.05, 0) is 59.3 Å². The van der Waals surface area contributed by atoms with Gasteiger partial charge in [0.2, 0.25) is 0 Å². The second-order valence-electron chi connectivity index (χ2n) is 4.61. The van der Waals surface area contributed by atoms with E-state index in [4.69, 9.17) is 21.1 Å². The minimum absolute atomic E-state index is 0.0433. The summed E-state index contributed by atoms with van der Waals surface area (Å²) in [5.41, 5.74) is -0.639. The summed E-state index contributed by atoms with van der Waals surface area (Å²) in [4.78, 5) is 11.8. The lowest BCUT2D eigenvalue weighted by Gasteiger charge is -2.12. The van der Waals surface area contributed by atoms with Crippen LogP contribution in [0.1, 0.15) is 22.8 Å². The lowest BCUT2D eigenvalue weighted by molar-refractivity contribution is -0.137. The van der Waals surface area contributed by atoms with Crippen LogP contribution in [-0.4, -0.2) is 12.6 Å². The summed E-state index contributed by atoms with van der Waals surface area (Å²) >= 11 is 9.07. The molecule has 2 aromatic rings. The Bertz CT molecular complexity index is 763. The second kappa shape index (κ2) is 7.44. The number of rotatable bonds is 4. The highest BCUT2D eigenvalue weighted by Gasteiger charge is 2.31. The van der Waals surface area contributed by atoms with Gasteiger partial charge in [-0.2, -0.15) is 13.2 Å². The number of esters is 1. The van der Waals surface area contributed by atoms with Crippen LogP contribution in [-0.2, 0) is 10.9 Å². The average Bonchev–Trinajstić information content (AvgIpc) is 2.50. The van der Waals surface area contributed by atoms with E-state index in [9.17, 15) is 18.0 Å². The Morgan fingerprint density at radius 3 is 2.50 bits per heavy atom. The van der Waals surface area contributed by atoms with Crippen molar-refractivity contribution in [2.45, 2.75) is 13.1 Å². The summed E-state index contributed by atoms with van der Waals surface area (Å²) < 4.78 is 48.8. The Hall–Kier alpha value is -1.73. The SMILES string of the molecule is CCOC(=O)c1cc(Oc2ccc(C(F)(F)F)cc2Cl)ccc1Br. The van der Waals surface area contributed by atoms with Crippen molar-refractivity contribution in [2.75, 3.05) is 6.61 Å². The van der Waals surface area contributed by atoms with Crippen LogP contribution in [0.25, 0.3) is 0 Å². The molecule has 0 amide bonds. The Labute approximate surface area is 149 Å². The smallest absolute Gasteiger partial charge is 0.416 e. The Kier molecular flexibility index (Phi) is 5.77. The molecule has 0 radical (unpaired) electrons. The lowest BCUT2D eigenvalue weighted by Crippen LogP contribution is -2.06. The Balaban J connectivity index is 2.29. The van der Waals surface area contributed by atoms with E-state index < -0.39 is 17.7 Å². The summed E-state index contributed by atoms with van der Waals surface area (Å²) in [5.74, 6) is -0.266. The first kappa shape index (κ1) is 18.6. The van der Waals surface area contributed by atoms with E-state index in [0.29, 0.717) is 4.47 Å². The zero-order chi connectivity index (χ0) is 17.9. The molecule has 0 bridgehead atoms. The maximum atomic E-state index is 12.6. The van der Waals surface area contributed by atoms with Gasteiger partial charge in [-0.25, -0.2) is 4.79 Å². The van der Waals surface area contributed by atoms with Gasteiger partial charge >= 0.3 is 12.1 Å². The standard InChI is InChI=1S/C16H11BrClF3O3/c1-2-23-15(22)11-8-10(4-5-12(11)17)24-14-6-3-9(7-13(14)18)16(19,20)21/h3-8H,2H2,1H3. The van der Waals surface area contributed by atoms with Gasteiger partial charge < -0.3 is 9.47 Å². The zero-order valence-corrected chi connectivity index (χ0v) is 14.6. The van der Waals surface area contributed by atoms with Crippen molar-refractivity contribution >= 4 is 33.5 Å². The molecule has 0 unspecified atom stereocenters. The molecule has 2 aromatic carbocycles. The molecule has 3 nitrogen and oxygen atoms in total. The number of carbonyl (C=O) groups is 1. The van der Waals surface area contributed by atoms with Crippen molar-refractivity contribution in [1.29, 1.82) is 0 Å². The van der Waals surface area contributed by atoms with E-state index in [1.807, 2.05) is 0 Å². The molecule has 2 rings (SSSR count). The molecule has 0 N–H and O–H groups in total. The van der Waals surface area contributed by atoms with Gasteiger partial charge in [0.05, 0.1) is 22.8 Å². The fourth-order valence-corrected chi connectivity index (χ4v) is 2.45. The topological polar surface area (TPSA) is 35.5 Å². The minimum atomic E-state index is -4.49. The first-order valence-corrected chi connectivity index (χ1v) is 7.90. The van der Waals surface area contributed by atoms with E-state index in [2.05, 4.69) is 15.9 Å². The van der Waals surface area contributed by atoms with Crippen LogP contribution >= 0.6 is 27.5 Å². The van der Waals surface area contributed by atoms with Crippen LogP contribution in [0.15, 0.2) is 40.9 Å². The maximum Gasteiger partial charge on any atom is 0.416 e. The molecule has 0 saturated heterocycles.